The molecule has 0 aliphatic rings. The molecule has 0 heterocycles. The van der Waals surface area contributed by atoms with E-state index < -0.39 is 5.79 Å². The van der Waals surface area contributed by atoms with E-state index in [4.69, 9.17) is 24.1 Å². The summed E-state index contributed by atoms with van der Waals surface area (Å²) in [6.45, 7) is 3.73. The fraction of sp³-hybridized carbons (Fsp3) is 1.00. The molecule has 5 nitrogen and oxygen atoms in total. The Bertz CT molecular complexity index is 130. The number of ether oxygens (including phenoxy) is 4. The van der Waals surface area contributed by atoms with Crippen LogP contribution in [-0.2, 0) is 18.9 Å². The highest BCUT2D eigenvalue weighted by Crippen LogP contribution is 2.16. The van der Waals surface area contributed by atoms with Crippen LogP contribution in [0.1, 0.15) is 13.3 Å². The molecule has 0 radical (unpaired) electrons. The molecule has 5 heteroatoms. The summed E-state index contributed by atoms with van der Waals surface area (Å²) in [5, 5.41) is 8.89. The van der Waals surface area contributed by atoms with Crippen molar-refractivity contribution in [2.24, 2.45) is 0 Å². The molecule has 0 spiro atoms. The minimum atomic E-state index is -0.758. The average molecular weight is 222 g/mol. The van der Waals surface area contributed by atoms with Gasteiger partial charge in [-0.25, -0.2) is 0 Å². The lowest BCUT2D eigenvalue weighted by Crippen LogP contribution is -2.35. The van der Waals surface area contributed by atoms with E-state index in [0.717, 1.165) is 0 Å². The number of aliphatic hydroxyl groups excluding tert-OH is 1. The van der Waals surface area contributed by atoms with Crippen molar-refractivity contribution in [2.75, 3.05) is 47.3 Å². The van der Waals surface area contributed by atoms with Gasteiger partial charge >= 0.3 is 0 Å². The van der Waals surface area contributed by atoms with E-state index >= 15 is 0 Å². The molecule has 0 unspecified atom stereocenters. The Hall–Kier alpha value is -0.200. The molecule has 1 N–H and O–H groups in total. The molecule has 0 aromatic heterocycles. The van der Waals surface area contributed by atoms with Gasteiger partial charge in [0, 0.05) is 27.2 Å². The van der Waals surface area contributed by atoms with Gasteiger partial charge in [-0.3, -0.25) is 0 Å². The third-order valence-electron chi connectivity index (χ3n) is 1.96. The van der Waals surface area contributed by atoms with E-state index in [9.17, 15) is 0 Å². The first-order valence-corrected chi connectivity index (χ1v) is 5.05. The van der Waals surface area contributed by atoms with Gasteiger partial charge in [-0.05, 0) is 6.92 Å². The second kappa shape index (κ2) is 9.06. The summed E-state index contributed by atoms with van der Waals surface area (Å²) in [7, 11) is 3.22. The standard InChI is InChI=1S/C10H22O5/c1-10(4-5-11,14-8-6-12-2)15-9-7-13-3/h11H,4-9H2,1-3H3. The maximum Gasteiger partial charge on any atom is 0.167 e. The van der Waals surface area contributed by atoms with Gasteiger partial charge in [0.25, 0.3) is 0 Å². The van der Waals surface area contributed by atoms with E-state index in [0.29, 0.717) is 32.8 Å². The first kappa shape index (κ1) is 14.8. The van der Waals surface area contributed by atoms with Crippen molar-refractivity contribution in [3.8, 4) is 0 Å². The second-order valence-corrected chi connectivity index (χ2v) is 3.29. The summed E-state index contributed by atoms with van der Waals surface area (Å²) in [5.41, 5.74) is 0. The molecule has 0 saturated carbocycles. The van der Waals surface area contributed by atoms with E-state index in [-0.39, 0.29) is 6.61 Å². The van der Waals surface area contributed by atoms with Gasteiger partial charge in [-0.1, -0.05) is 0 Å². The fourth-order valence-corrected chi connectivity index (χ4v) is 1.07. The summed E-state index contributed by atoms with van der Waals surface area (Å²) in [6, 6.07) is 0. The minimum Gasteiger partial charge on any atom is -0.396 e. The summed E-state index contributed by atoms with van der Waals surface area (Å²) in [4.78, 5) is 0. The molecule has 0 aromatic rings. The van der Waals surface area contributed by atoms with Crippen molar-refractivity contribution < 1.29 is 24.1 Å². The minimum absolute atomic E-state index is 0.0243. The lowest BCUT2D eigenvalue weighted by molar-refractivity contribution is -0.239. The van der Waals surface area contributed by atoms with Crippen molar-refractivity contribution in [1.82, 2.24) is 0 Å². The molecular formula is C10H22O5. The van der Waals surface area contributed by atoms with E-state index in [1.165, 1.54) is 0 Å². The zero-order valence-corrected chi connectivity index (χ0v) is 9.82. The highest BCUT2D eigenvalue weighted by atomic mass is 16.7. The molecule has 92 valence electrons. The maximum absolute atomic E-state index is 8.89. The summed E-state index contributed by atoms with van der Waals surface area (Å²) < 4.78 is 20.7. The van der Waals surface area contributed by atoms with Crippen molar-refractivity contribution >= 4 is 0 Å². The predicted octanol–water partition coefficient (Wildman–Crippen LogP) is 0.411. The van der Waals surface area contributed by atoms with Gasteiger partial charge in [0.1, 0.15) is 0 Å². The van der Waals surface area contributed by atoms with Gasteiger partial charge < -0.3 is 24.1 Å². The van der Waals surface area contributed by atoms with Crippen LogP contribution in [0.25, 0.3) is 0 Å². The van der Waals surface area contributed by atoms with Crippen molar-refractivity contribution in [1.29, 1.82) is 0 Å². The SMILES string of the molecule is COCCOC(C)(CCO)OCCOC. The quantitative estimate of drug-likeness (QED) is 0.428. The van der Waals surface area contributed by atoms with E-state index in [2.05, 4.69) is 0 Å². The Morgan fingerprint density at radius 3 is 1.73 bits per heavy atom. The molecule has 15 heavy (non-hydrogen) atoms. The van der Waals surface area contributed by atoms with Crippen LogP contribution in [0.5, 0.6) is 0 Å². The molecule has 0 fully saturated rings. The predicted molar refractivity (Wildman–Crippen MR) is 55.8 cm³/mol. The smallest absolute Gasteiger partial charge is 0.167 e. The number of rotatable bonds is 10. The van der Waals surface area contributed by atoms with Crippen LogP contribution < -0.4 is 0 Å². The summed E-state index contributed by atoms with van der Waals surface area (Å²) in [6.07, 6.45) is 0.431. The van der Waals surface area contributed by atoms with Crippen LogP contribution in [-0.4, -0.2) is 58.1 Å². The zero-order chi connectivity index (χ0) is 11.6. The lowest BCUT2D eigenvalue weighted by Gasteiger charge is -2.29. The Kier molecular flexibility index (Phi) is 8.94. The molecule has 0 atom stereocenters. The van der Waals surface area contributed by atoms with Gasteiger partial charge in [0.2, 0.25) is 0 Å². The lowest BCUT2D eigenvalue weighted by atomic mass is 10.2. The Morgan fingerprint density at radius 2 is 1.40 bits per heavy atom. The first-order valence-electron chi connectivity index (χ1n) is 5.05. The van der Waals surface area contributed by atoms with E-state index in [1.807, 2.05) is 0 Å². The fourth-order valence-electron chi connectivity index (χ4n) is 1.07. The zero-order valence-electron chi connectivity index (χ0n) is 9.82. The second-order valence-electron chi connectivity index (χ2n) is 3.29. The third-order valence-corrected chi connectivity index (χ3v) is 1.96. The topological polar surface area (TPSA) is 57.2 Å². The first-order chi connectivity index (χ1) is 7.18. The van der Waals surface area contributed by atoms with Crippen molar-refractivity contribution in [2.45, 2.75) is 19.1 Å². The molecule has 0 saturated heterocycles. The summed E-state index contributed by atoms with van der Waals surface area (Å²) in [5.74, 6) is -0.758. The van der Waals surface area contributed by atoms with Gasteiger partial charge in [-0.2, -0.15) is 0 Å². The van der Waals surface area contributed by atoms with Crippen LogP contribution in [0.3, 0.4) is 0 Å². The number of hydrogen-bond acceptors (Lipinski definition) is 5. The number of methoxy groups -OCH3 is 2. The van der Waals surface area contributed by atoms with E-state index in [1.54, 1.807) is 21.1 Å². The molecule has 0 amide bonds. The number of hydrogen-bond donors (Lipinski definition) is 1. The summed E-state index contributed by atoms with van der Waals surface area (Å²) >= 11 is 0. The van der Waals surface area contributed by atoms with Gasteiger partial charge in [0.15, 0.2) is 5.79 Å². The maximum atomic E-state index is 8.89. The Balaban J connectivity index is 3.83. The molecule has 0 aliphatic heterocycles. The largest absolute Gasteiger partial charge is 0.396 e. The molecule has 0 bridgehead atoms. The normalized spacial score (nSPS) is 12.0. The molecule has 0 rings (SSSR count). The monoisotopic (exact) mass is 222 g/mol. The van der Waals surface area contributed by atoms with Crippen molar-refractivity contribution in [3.05, 3.63) is 0 Å². The Labute approximate surface area is 91.3 Å². The average Bonchev–Trinajstić information content (AvgIpc) is 2.19. The van der Waals surface area contributed by atoms with Crippen LogP contribution in [0.4, 0.5) is 0 Å². The molecule has 0 aliphatic carbocycles. The van der Waals surface area contributed by atoms with Crippen LogP contribution in [0.15, 0.2) is 0 Å². The highest BCUT2D eigenvalue weighted by molar-refractivity contribution is 4.62. The van der Waals surface area contributed by atoms with Gasteiger partial charge in [0.05, 0.1) is 26.4 Å². The number of aliphatic hydroxyl groups is 1. The molecular weight excluding hydrogens is 200 g/mol. The van der Waals surface area contributed by atoms with Crippen LogP contribution >= 0.6 is 0 Å². The van der Waals surface area contributed by atoms with Crippen LogP contribution in [0, 0.1) is 0 Å². The third kappa shape index (κ3) is 7.70. The molecule has 0 aromatic carbocycles. The van der Waals surface area contributed by atoms with Crippen molar-refractivity contribution in [3.63, 3.8) is 0 Å². The Morgan fingerprint density at radius 1 is 0.933 bits per heavy atom. The van der Waals surface area contributed by atoms with Crippen LogP contribution in [0.2, 0.25) is 0 Å². The van der Waals surface area contributed by atoms with Gasteiger partial charge in [-0.15, -0.1) is 0 Å². The highest BCUT2D eigenvalue weighted by Gasteiger charge is 2.24.